The van der Waals surface area contributed by atoms with Gasteiger partial charge in [-0.25, -0.2) is 0 Å². The molecule has 1 aromatic heterocycles. The summed E-state index contributed by atoms with van der Waals surface area (Å²) in [6.07, 6.45) is 0. The Morgan fingerprint density at radius 1 is 1.32 bits per heavy atom. The van der Waals surface area contributed by atoms with E-state index < -0.39 is 11.9 Å². The SMILES string of the molecule is Cl.Cn1c(C(=O)NC(=N)N)nnc1-c1ccccc1. The van der Waals surface area contributed by atoms with Crippen molar-refractivity contribution in [3.05, 3.63) is 36.2 Å². The second-order valence-corrected chi connectivity index (χ2v) is 3.64. The number of hydrogen-bond acceptors (Lipinski definition) is 4. The van der Waals surface area contributed by atoms with E-state index in [4.69, 9.17) is 11.1 Å². The van der Waals surface area contributed by atoms with E-state index in [0.717, 1.165) is 5.56 Å². The zero-order valence-electron chi connectivity index (χ0n) is 10.1. The third-order valence-electron chi connectivity index (χ3n) is 2.36. The molecule has 0 aliphatic carbocycles. The lowest BCUT2D eigenvalue weighted by atomic mass is 10.2. The van der Waals surface area contributed by atoms with Crippen molar-refractivity contribution < 1.29 is 4.79 Å². The van der Waals surface area contributed by atoms with Gasteiger partial charge in [0.15, 0.2) is 11.8 Å². The van der Waals surface area contributed by atoms with E-state index in [1.54, 1.807) is 11.6 Å². The van der Waals surface area contributed by atoms with Crippen LogP contribution in [0.1, 0.15) is 10.6 Å². The maximum atomic E-state index is 11.7. The number of guanidine groups is 1. The molecule has 1 heterocycles. The normalized spacial score (nSPS) is 9.53. The number of aromatic nitrogens is 3. The standard InChI is InChI=1S/C11H12N6O.ClH/c1-17-8(7-5-3-2-4-6-7)15-16-9(17)10(18)14-11(12)13;/h2-6H,1H3,(H4,12,13,14,18);1H. The number of nitrogens with one attached hydrogen (secondary N) is 2. The Morgan fingerprint density at radius 3 is 2.53 bits per heavy atom. The van der Waals surface area contributed by atoms with E-state index in [0.29, 0.717) is 5.82 Å². The number of amides is 1. The Hall–Kier alpha value is -2.41. The molecule has 0 unspecified atom stereocenters. The van der Waals surface area contributed by atoms with Gasteiger partial charge in [-0.05, 0) is 0 Å². The van der Waals surface area contributed by atoms with Crippen LogP contribution in [0.15, 0.2) is 30.3 Å². The van der Waals surface area contributed by atoms with Gasteiger partial charge in [-0.2, -0.15) is 0 Å². The molecule has 0 saturated heterocycles. The van der Waals surface area contributed by atoms with E-state index >= 15 is 0 Å². The van der Waals surface area contributed by atoms with Crippen molar-refractivity contribution in [1.29, 1.82) is 5.41 Å². The van der Waals surface area contributed by atoms with Gasteiger partial charge in [0.25, 0.3) is 5.91 Å². The summed E-state index contributed by atoms with van der Waals surface area (Å²) < 4.78 is 1.55. The number of rotatable bonds is 2. The molecule has 0 spiro atoms. The van der Waals surface area contributed by atoms with Crippen LogP contribution >= 0.6 is 12.4 Å². The minimum Gasteiger partial charge on any atom is -0.370 e. The van der Waals surface area contributed by atoms with Gasteiger partial charge in [0.2, 0.25) is 5.82 Å². The van der Waals surface area contributed by atoms with E-state index in [1.807, 2.05) is 30.3 Å². The molecule has 7 nitrogen and oxygen atoms in total. The second kappa shape index (κ2) is 5.96. The largest absolute Gasteiger partial charge is 0.370 e. The van der Waals surface area contributed by atoms with Crippen molar-refractivity contribution in [2.24, 2.45) is 12.8 Å². The number of carbonyl (C=O) groups excluding carboxylic acids is 1. The summed E-state index contributed by atoms with van der Waals surface area (Å²) >= 11 is 0. The molecule has 1 aromatic carbocycles. The number of halogens is 1. The topological polar surface area (TPSA) is 110 Å². The van der Waals surface area contributed by atoms with Gasteiger partial charge in [-0.3, -0.25) is 15.5 Å². The minimum atomic E-state index is -0.556. The lowest BCUT2D eigenvalue weighted by Crippen LogP contribution is -2.37. The summed E-state index contributed by atoms with van der Waals surface area (Å²) in [6, 6.07) is 9.38. The van der Waals surface area contributed by atoms with Crippen LogP contribution in [0.2, 0.25) is 0 Å². The molecule has 8 heteroatoms. The first kappa shape index (κ1) is 14.7. The van der Waals surface area contributed by atoms with Crippen LogP contribution in [0.5, 0.6) is 0 Å². The molecule has 100 valence electrons. The Morgan fingerprint density at radius 2 is 1.95 bits per heavy atom. The van der Waals surface area contributed by atoms with Crippen molar-refractivity contribution in [2.45, 2.75) is 0 Å². The molecule has 0 fully saturated rings. The van der Waals surface area contributed by atoms with Crippen LogP contribution in [0.4, 0.5) is 0 Å². The lowest BCUT2D eigenvalue weighted by Gasteiger charge is -2.03. The molecule has 2 aromatic rings. The molecule has 4 N–H and O–H groups in total. The first-order chi connectivity index (χ1) is 8.59. The second-order valence-electron chi connectivity index (χ2n) is 3.64. The fourth-order valence-electron chi connectivity index (χ4n) is 1.54. The molecule has 0 radical (unpaired) electrons. The van der Waals surface area contributed by atoms with Crippen molar-refractivity contribution in [3.63, 3.8) is 0 Å². The van der Waals surface area contributed by atoms with Crippen LogP contribution in [0, 0.1) is 5.41 Å². The van der Waals surface area contributed by atoms with Gasteiger partial charge >= 0.3 is 0 Å². The zero-order chi connectivity index (χ0) is 13.1. The molecule has 0 bridgehead atoms. The Labute approximate surface area is 115 Å². The highest BCUT2D eigenvalue weighted by atomic mass is 35.5. The maximum absolute atomic E-state index is 11.7. The van der Waals surface area contributed by atoms with E-state index in [9.17, 15) is 4.79 Å². The van der Waals surface area contributed by atoms with Gasteiger partial charge in [-0.15, -0.1) is 22.6 Å². The number of nitrogens with zero attached hydrogens (tertiary/aromatic N) is 3. The maximum Gasteiger partial charge on any atom is 0.295 e. The molecule has 0 saturated carbocycles. The van der Waals surface area contributed by atoms with Gasteiger partial charge in [-0.1, -0.05) is 30.3 Å². The minimum absolute atomic E-state index is 0. The fraction of sp³-hybridized carbons (Fsp3) is 0.0909. The summed E-state index contributed by atoms with van der Waals surface area (Å²) in [4.78, 5) is 11.7. The average molecular weight is 281 g/mol. The highest BCUT2D eigenvalue weighted by Crippen LogP contribution is 2.16. The number of nitrogens with two attached hydrogens (primary N) is 1. The fourth-order valence-corrected chi connectivity index (χ4v) is 1.54. The molecule has 0 aliphatic heterocycles. The summed E-state index contributed by atoms with van der Waals surface area (Å²) in [7, 11) is 1.68. The first-order valence-electron chi connectivity index (χ1n) is 5.20. The monoisotopic (exact) mass is 280 g/mol. The number of benzene rings is 1. The summed E-state index contributed by atoms with van der Waals surface area (Å²) in [5, 5.41) is 16.9. The van der Waals surface area contributed by atoms with Gasteiger partial charge in [0, 0.05) is 12.6 Å². The molecule has 0 aliphatic rings. The molecule has 2 rings (SSSR count). The molecular weight excluding hydrogens is 268 g/mol. The predicted octanol–water partition coefficient (Wildman–Crippen LogP) is 0.527. The zero-order valence-corrected chi connectivity index (χ0v) is 10.9. The van der Waals surface area contributed by atoms with Crippen LogP contribution in [-0.4, -0.2) is 26.6 Å². The number of hydrogen-bond donors (Lipinski definition) is 3. The predicted molar refractivity (Wildman–Crippen MR) is 73.1 cm³/mol. The molecule has 1 amide bonds. The van der Waals surface area contributed by atoms with Crippen molar-refractivity contribution >= 4 is 24.3 Å². The van der Waals surface area contributed by atoms with Gasteiger partial charge in [0.05, 0.1) is 0 Å². The van der Waals surface area contributed by atoms with Crippen molar-refractivity contribution in [3.8, 4) is 11.4 Å². The molecular formula is C11H13ClN6O. The van der Waals surface area contributed by atoms with Gasteiger partial charge in [0.1, 0.15) is 0 Å². The Balaban J connectivity index is 0.00000180. The third kappa shape index (κ3) is 3.08. The van der Waals surface area contributed by atoms with Crippen molar-refractivity contribution in [2.75, 3.05) is 0 Å². The van der Waals surface area contributed by atoms with Crippen LogP contribution in [-0.2, 0) is 7.05 Å². The Kier molecular flexibility index (Phi) is 4.60. The highest BCUT2D eigenvalue weighted by Gasteiger charge is 2.17. The van der Waals surface area contributed by atoms with E-state index in [2.05, 4.69) is 15.5 Å². The van der Waals surface area contributed by atoms with E-state index in [-0.39, 0.29) is 18.2 Å². The van der Waals surface area contributed by atoms with Crippen LogP contribution < -0.4 is 11.1 Å². The van der Waals surface area contributed by atoms with Gasteiger partial charge < -0.3 is 10.3 Å². The van der Waals surface area contributed by atoms with Crippen LogP contribution in [0.3, 0.4) is 0 Å². The van der Waals surface area contributed by atoms with Crippen molar-refractivity contribution in [1.82, 2.24) is 20.1 Å². The quantitative estimate of drug-likeness (QED) is 0.550. The number of carbonyl (C=O) groups is 1. The van der Waals surface area contributed by atoms with Crippen LogP contribution in [0.25, 0.3) is 11.4 Å². The smallest absolute Gasteiger partial charge is 0.295 e. The molecule has 0 atom stereocenters. The Bertz CT molecular complexity index is 594. The highest BCUT2D eigenvalue weighted by molar-refractivity contribution is 6.02. The third-order valence-corrected chi connectivity index (χ3v) is 2.36. The first-order valence-corrected chi connectivity index (χ1v) is 5.20. The van der Waals surface area contributed by atoms with E-state index in [1.165, 1.54) is 0 Å². The summed E-state index contributed by atoms with van der Waals surface area (Å²) in [5.74, 6) is -0.308. The summed E-state index contributed by atoms with van der Waals surface area (Å²) in [6.45, 7) is 0. The summed E-state index contributed by atoms with van der Waals surface area (Å²) in [5.41, 5.74) is 5.95. The average Bonchev–Trinajstić information content (AvgIpc) is 2.71. The molecule has 19 heavy (non-hydrogen) atoms. The lowest BCUT2D eigenvalue weighted by molar-refractivity contribution is 0.0963.